The molecule has 112 valence electrons. The summed E-state index contributed by atoms with van der Waals surface area (Å²) < 4.78 is 23.9. The van der Waals surface area contributed by atoms with Gasteiger partial charge in [0.15, 0.2) is 9.84 Å². The second-order valence-electron chi connectivity index (χ2n) is 5.65. The van der Waals surface area contributed by atoms with Gasteiger partial charge in [-0.1, -0.05) is 12.8 Å². The van der Waals surface area contributed by atoms with E-state index in [2.05, 4.69) is 4.98 Å². The Hall–Kier alpha value is -1.30. The van der Waals surface area contributed by atoms with E-state index in [1.807, 2.05) is 6.92 Å². The third kappa shape index (κ3) is 2.90. The lowest BCUT2D eigenvalue weighted by atomic mass is 9.93. The van der Waals surface area contributed by atoms with E-state index in [9.17, 15) is 13.2 Å². The number of sulfone groups is 1. The molecule has 1 aliphatic rings. The lowest BCUT2D eigenvalue weighted by Crippen LogP contribution is -2.49. The maximum absolute atomic E-state index is 12.5. The first-order valence-electron chi connectivity index (χ1n) is 6.92. The predicted molar refractivity (Wildman–Crippen MR) is 78.5 cm³/mol. The van der Waals surface area contributed by atoms with Gasteiger partial charge in [-0.2, -0.15) is 0 Å². The monoisotopic (exact) mass is 298 g/mol. The molecule has 1 heterocycles. The molecule has 0 unspecified atom stereocenters. The Morgan fingerprint density at radius 3 is 2.55 bits per heavy atom. The van der Waals surface area contributed by atoms with Crippen LogP contribution < -0.4 is 0 Å². The van der Waals surface area contributed by atoms with Gasteiger partial charge in [-0.25, -0.2) is 8.42 Å². The number of nitrogens with zero attached hydrogens (tertiary/aromatic N) is 1. The minimum atomic E-state index is -3.13. The normalized spacial score (nSPS) is 23.6. The van der Waals surface area contributed by atoms with Crippen LogP contribution in [0.15, 0.2) is 12.3 Å². The van der Waals surface area contributed by atoms with Gasteiger partial charge in [0.1, 0.15) is 0 Å². The molecular weight excluding hydrogens is 276 g/mol. The molecule has 5 nitrogen and oxygen atoms in total. The Morgan fingerprint density at radius 1 is 1.35 bits per heavy atom. The van der Waals surface area contributed by atoms with E-state index in [-0.39, 0.29) is 11.9 Å². The average Bonchev–Trinajstić information content (AvgIpc) is 2.82. The van der Waals surface area contributed by atoms with E-state index in [0.717, 1.165) is 25.0 Å². The lowest BCUT2D eigenvalue weighted by Gasteiger charge is -2.37. The molecule has 2 rings (SSSR count). The second kappa shape index (κ2) is 5.60. The number of hydrogen-bond donors (Lipinski definition) is 1. The average molecular weight is 298 g/mol. The maximum Gasteiger partial charge on any atom is 0.255 e. The van der Waals surface area contributed by atoms with Crippen molar-refractivity contribution in [1.82, 2.24) is 9.88 Å². The number of aromatic nitrogens is 1. The van der Waals surface area contributed by atoms with Crippen molar-refractivity contribution in [3.8, 4) is 0 Å². The van der Waals surface area contributed by atoms with Crippen LogP contribution in [0.3, 0.4) is 0 Å². The first kappa shape index (κ1) is 15.1. The summed E-state index contributed by atoms with van der Waals surface area (Å²) in [5.41, 5.74) is 1.43. The summed E-state index contributed by atoms with van der Waals surface area (Å²) in [4.78, 5) is 17.1. The largest absolute Gasteiger partial charge is 0.365 e. The number of H-pyrrole nitrogens is 1. The van der Waals surface area contributed by atoms with Crippen LogP contribution in [0.4, 0.5) is 0 Å². The first-order valence-corrected chi connectivity index (χ1v) is 8.88. The maximum atomic E-state index is 12.5. The number of carbonyl (C=O) groups is 1. The molecule has 1 aliphatic carbocycles. The first-order chi connectivity index (χ1) is 9.32. The summed E-state index contributed by atoms with van der Waals surface area (Å²) in [6.07, 6.45) is 6.29. The zero-order chi connectivity index (χ0) is 14.9. The molecule has 1 saturated carbocycles. The molecule has 2 atom stereocenters. The van der Waals surface area contributed by atoms with Crippen LogP contribution in [0.2, 0.25) is 0 Å². The van der Waals surface area contributed by atoms with Gasteiger partial charge >= 0.3 is 0 Å². The van der Waals surface area contributed by atoms with Crippen molar-refractivity contribution in [1.29, 1.82) is 0 Å². The van der Waals surface area contributed by atoms with Gasteiger partial charge < -0.3 is 9.88 Å². The van der Waals surface area contributed by atoms with Crippen molar-refractivity contribution in [2.75, 3.05) is 13.3 Å². The van der Waals surface area contributed by atoms with E-state index >= 15 is 0 Å². The quantitative estimate of drug-likeness (QED) is 0.924. The zero-order valence-electron chi connectivity index (χ0n) is 12.2. The molecule has 1 aromatic rings. The molecule has 1 N–H and O–H groups in total. The van der Waals surface area contributed by atoms with E-state index in [1.165, 1.54) is 6.26 Å². The van der Waals surface area contributed by atoms with Crippen molar-refractivity contribution in [3.05, 3.63) is 23.5 Å². The van der Waals surface area contributed by atoms with E-state index in [1.54, 1.807) is 24.2 Å². The van der Waals surface area contributed by atoms with Gasteiger partial charge in [0.05, 0.1) is 10.8 Å². The second-order valence-corrected chi connectivity index (χ2v) is 7.92. The Bertz CT molecular complexity index is 591. The fraction of sp³-hybridized carbons (Fsp3) is 0.643. The van der Waals surface area contributed by atoms with Gasteiger partial charge in [-0.15, -0.1) is 0 Å². The molecule has 1 aromatic heterocycles. The number of carbonyl (C=O) groups excluding carboxylic acids is 1. The van der Waals surface area contributed by atoms with Crippen LogP contribution in [-0.2, 0) is 9.84 Å². The smallest absolute Gasteiger partial charge is 0.255 e. The summed E-state index contributed by atoms with van der Waals surface area (Å²) in [5, 5.41) is -0.440. The van der Waals surface area contributed by atoms with Gasteiger partial charge in [0.2, 0.25) is 0 Å². The highest BCUT2D eigenvalue weighted by Gasteiger charge is 2.37. The number of rotatable bonds is 3. The molecule has 20 heavy (non-hydrogen) atoms. The highest BCUT2D eigenvalue weighted by atomic mass is 32.2. The fourth-order valence-corrected chi connectivity index (χ4v) is 4.53. The van der Waals surface area contributed by atoms with Crippen molar-refractivity contribution >= 4 is 15.7 Å². The van der Waals surface area contributed by atoms with Crippen LogP contribution in [0.1, 0.15) is 41.7 Å². The summed E-state index contributed by atoms with van der Waals surface area (Å²) in [5.74, 6) is -0.107. The molecule has 0 radical (unpaired) electrons. The summed E-state index contributed by atoms with van der Waals surface area (Å²) in [6, 6.07) is 1.52. The molecule has 0 saturated heterocycles. The van der Waals surface area contributed by atoms with Crippen LogP contribution in [-0.4, -0.2) is 48.8 Å². The fourth-order valence-electron chi connectivity index (χ4n) is 3.04. The Morgan fingerprint density at radius 2 is 2.00 bits per heavy atom. The molecule has 0 spiro atoms. The number of hydrogen-bond acceptors (Lipinski definition) is 3. The molecular formula is C14H22N2O3S. The topological polar surface area (TPSA) is 70.2 Å². The summed E-state index contributed by atoms with van der Waals surface area (Å²) in [7, 11) is -1.42. The summed E-state index contributed by atoms with van der Waals surface area (Å²) in [6.45, 7) is 1.84. The van der Waals surface area contributed by atoms with Crippen molar-refractivity contribution in [3.63, 3.8) is 0 Å². The lowest BCUT2D eigenvalue weighted by molar-refractivity contribution is 0.0700. The third-order valence-electron chi connectivity index (χ3n) is 4.22. The van der Waals surface area contributed by atoms with Gasteiger partial charge in [-0.3, -0.25) is 4.79 Å². The molecule has 1 fully saturated rings. The SMILES string of the molecule is Cc1[nH]ccc1C(=O)N(C)[C@@H]1CCCC[C@@H]1S(C)(=O)=O. The molecule has 1 amide bonds. The Labute approximate surface area is 120 Å². The number of amides is 1. The van der Waals surface area contributed by atoms with E-state index in [0.29, 0.717) is 12.0 Å². The van der Waals surface area contributed by atoms with Crippen LogP contribution in [0.5, 0.6) is 0 Å². The standard InChI is InChI=1S/C14H22N2O3S/c1-10-11(8-9-15-10)14(17)16(2)12-6-4-5-7-13(12)20(3,18)19/h8-9,12-13,15H,4-7H2,1-3H3/t12-,13+/m1/s1. The van der Waals surface area contributed by atoms with Crippen molar-refractivity contribution < 1.29 is 13.2 Å². The molecule has 0 aliphatic heterocycles. The van der Waals surface area contributed by atoms with Gasteiger partial charge in [-0.05, 0) is 25.8 Å². The highest BCUT2D eigenvalue weighted by molar-refractivity contribution is 7.91. The minimum Gasteiger partial charge on any atom is -0.365 e. The Balaban J connectivity index is 2.24. The molecule has 0 aromatic carbocycles. The number of aryl methyl sites for hydroxylation is 1. The molecule has 0 bridgehead atoms. The van der Waals surface area contributed by atoms with E-state index < -0.39 is 15.1 Å². The van der Waals surface area contributed by atoms with Crippen LogP contribution in [0, 0.1) is 6.92 Å². The van der Waals surface area contributed by atoms with Gasteiger partial charge in [0, 0.05) is 31.2 Å². The Kier molecular flexibility index (Phi) is 4.22. The van der Waals surface area contributed by atoms with Crippen LogP contribution >= 0.6 is 0 Å². The summed E-state index contributed by atoms with van der Waals surface area (Å²) >= 11 is 0. The van der Waals surface area contributed by atoms with Gasteiger partial charge in [0.25, 0.3) is 5.91 Å². The highest BCUT2D eigenvalue weighted by Crippen LogP contribution is 2.28. The van der Waals surface area contributed by atoms with Crippen molar-refractivity contribution in [2.24, 2.45) is 0 Å². The number of nitrogens with one attached hydrogen (secondary N) is 1. The zero-order valence-corrected chi connectivity index (χ0v) is 13.0. The van der Waals surface area contributed by atoms with Crippen molar-refractivity contribution in [2.45, 2.75) is 43.9 Å². The number of aromatic amines is 1. The third-order valence-corrected chi connectivity index (χ3v) is 5.87. The predicted octanol–water partition coefficient (Wildman–Crippen LogP) is 1.75. The minimum absolute atomic E-state index is 0.107. The molecule has 6 heteroatoms. The van der Waals surface area contributed by atoms with E-state index in [4.69, 9.17) is 0 Å². The van der Waals surface area contributed by atoms with Crippen LogP contribution in [0.25, 0.3) is 0 Å².